The third-order valence-electron chi connectivity index (χ3n) is 2.59. The zero-order valence-corrected chi connectivity index (χ0v) is 12.3. The number of benzene rings is 2. The molecule has 0 bridgehead atoms. The predicted molar refractivity (Wildman–Crippen MR) is 75.5 cm³/mol. The zero-order chi connectivity index (χ0) is 14.0. The van der Waals surface area contributed by atoms with Crippen molar-refractivity contribution in [2.75, 3.05) is 7.11 Å². The summed E-state index contributed by atoms with van der Waals surface area (Å²) in [5.41, 5.74) is 0.317. The van der Waals surface area contributed by atoms with Gasteiger partial charge in [-0.3, -0.25) is 4.79 Å². The maximum Gasteiger partial charge on any atom is 0.196 e. The standard InChI is InChI=1S/C14H9BrClFO2/c1-19-13-6-8(2-4-11(13)16)14(18)10-7-9(15)3-5-12(10)17/h2-7H,1H3. The second kappa shape index (κ2) is 5.72. The van der Waals surface area contributed by atoms with Crippen LogP contribution >= 0.6 is 27.5 Å². The molecule has 2 aromatic rings. The van der Waals surface area contributed by atoms with Gasteiger partial charge in [0.05, 0.1) is 17.7 Å². The summed E-state index contributed by atoms with van der Waals surface area (Å²) < 4.78 is 19.3. The molecule has 0 fully saturated rings. The van der Waals surface area contributed by atoms with E-state index in [9.17, 15) is 9.18 Å². The molecular weight excluding hydrogens is 335 g/mol. The summed E-state index contributed by atoms with van der Waals surface area (Å²) in [5.74, 6) is -0.612. The molecule has 2 aromatic carbocycles. The van der Waals surface area contributed by atoms with Gasteiger partial charge in [-0.05, 0) is 36.4 Å². The molecule has 2 rings (SSSR count). The van der Waals surface area contributed by atoms with Crippen molar-refractivity contribution in [3.63, 3.8) is 0 Å². The van der Waals surface area contributed by atoms with Gasteiger partial charge in [-0.1, -0.05) is 27.5 Å². The third kappa shape index (κ3) is 2.96. The summed E-state index contributed by atoms with van der Waals surface area (Å²) in [7, 11) is 1.45. The molecular formula is C14H9BrClFO2. The van der Waals surface area contributed by atoms with Gasteiger partial charge in [0.15, 0.2) is 5.78 Å². The highest BCUT2D eigenvalue weighted by molar-refractivity contribution is 9.10. The van der Waals surface area contributed by atoms with Crippen LogP contribution in [0.2, 0.25) is 5.02 Å². The molecule has 0 amide bonds. The molecule has 0 unspecified atom stereocenters. The quantitative estimate of drug-likeness (QED) is 0.768. The number of hydrogen-bond acceptors (Lipinski definition) is 2. The lowest BCUT2D eigenvalue weighted by Gasteiger charge is -2.07. The van der Waals surface area contributed by atoms with E-state index in [1.807, 2.05) is 0 Å². The van der Waals surface area contributed by atoms with E-state index in [4.69, 9.17) is 16.3 Å². The van der Waals surface area contributed by atoms with Crippen molar-refractivity contribution in [2.45, 2.75) is 0 Å². The van der Waals surface area contributed by atoms with E-state index in [1.54, 1.807) is 6.07 Å². The summed E-state index contributed by atoms with van der Waals surface area (Å²) >= 11 is 9.10. The Morgan fingerprint density at radius 2 is 2.00 bits per heavy atom. The van der Waals surface area contributed by atoms with Crippen molar-refractivity contribution in [3.05, 3.63) is 62.8 Å². The molecule has 0 atom stereocenters. The number of ketones is 1. The molecule has 2 nitrogen and oxygen atoms in total. The smallest absolute Gasteiger partial charge is 0.196 e. The first-order chi connectivity index (χ1) is 9.02. The number of carbonyl (C=O) groups is 1. The number of halogens is 3. The lowest BCUT2D eigenvalue weighted by molar-refractivity contribution is 0.103. The van der Waals surface area contributed by atoms with Crippen molar-refractivity contribution in [1.29, 1.82) is 0 Å². The molecule has 0 aliphatic heterocycles. The van der Waals surface area contributed by atoms with Crippen LogP contribution in [-0.2, 0) is 0 Å². The number of rotatable bonds is 3. The molecule has 0 saturated carbocycles. The SMILES string of the molecule is COc1cc(C(=O)c2cc(Br)ccc2F)ccc1Cl. The van der Waals surface area contributed by atoms with Gasteiger partial charge in [0.2, 0.25) is 0 Å². The van der Waals surface area contributed by atoms with Crippen LogP contribution in [0.25, 0.3) is 0 Å². The highest BCUT2D eigenvalue weighted by Gasteiger charge is 2.16. The van der Waals surface area contributed by atoms with Crippen molar-refractivity contribution < 1.29 is 13.9 Å². The molecule has 0 aliphatic rings. The highest BCUT2D eigenvalue weighted by Crippen LogP contribution is 2.27. The Balaban J connectivity index is 2.47. The average Bonchev–Trinajstić information content (AvgIpc) is 2.41. The number of hydrogen-bond donors (Lipinski definition) is 0. The Bertz CT molecular complexity index is 643. The van der Waals surface area contributed by atoms with Gasteiger partial charge in [-0.15, -0.1) is 0 Å². The summed E-state index contributed by atoms with van der Waals surface area (Å²) in [4.78, 5) is 12.2. The van der Waals surface area contributed by atoms with Crippen LogP contribution in [0.3, 0.4) is 0 Å². The Morgan fingerprint density at radius 3 is 2.68 bits per heavy atom. The lowest BCUT2D eigenvalue weighted by atomic mass is 10.0. The van der Waals surface area contributed by atoms with Gasteiger partial charge in [0.25, 0.3) is 0 Å². The summed E-state index contributed by atoms with van der Waals surface area (Å²) in [6.07, 6.45) is 0. The first-order valence-corrected chi connectivity index (χ1v) is 6.53. The second-order valence-electron chi connectivity index (χ2n) is 3.80. The molecule has 0 heterocycles. The number of carbonyl (C=O) groups excluding carboxylic acids is 1. The van der Waals surface area contributed by atoms with Crippen molar-refractivity contribution in [1.82, 2.24) is 0 Å². The van der Waals surface area contributed by atoms with E-state index in [0.717, 1.165) is 0 Å². The monoisotopic (exact) mass is 342 g/mol. The van der Waals surface area contributed by atoms with Gasteiger partial charge >= 0.3 is 0 Å². The Morgan fingerprint density at radius 1 is 1.26 bits per heavy atom. The molecule has 0 N–H and O–H groups in total. The van der Waals surface area contributed by atoms with Gasteiger partial charge in [0.1, 0.15) is 11.6 Å². The van der Waals surface area contributed by atoms with Crippen LogP contribution < -0.4 is 4.74 Å². The lowest BCUT2D eigenvalue weighted by Crippen LogP contribution is -2.04. The highest BCUT2D eigenvalue weighted by atomic mass is 79.9. The van der Waals surface area contributed by atoms with E-state index in [1.165, 1.54) is 37.4 Å². The number of ether oxygens (including phenoxy) is 1. The second-order valence-corrected chi connectivity index (χ2v) is 5.13. The minimum atomic E-state index is -0.567. The van der Waals surface area contributed by atoms with E-state index in [2.05, 4.69) is 15.9 Å². The maximum absolute atomic E-state index is 13.7. The van der Waals surface area contributed by atoms with Crippen LogP contribution in [0.1, 0.15) is 15.9 Å². The number of methoxy groups -OCH3 is 1. The summed E-state index contributed by atoms with van der Waals surface area (Å²) in [6, 6.07) is 8.79. The van der Waals surface area contributed by atoms with E-state index in [-0.39, 0.29) is 5.56 Å². The molecule has 19 heavy (non-hydrogen) atoms. The minimum Gasteiger partial charge on any atom is -0.495 e. The third-order valence-corrected chi connectivity index (χ3v) is 3.39. The first kappa shape index (κ1) is 14.0. The Hall–Kier alpha value is -1.39. The van der Waals surface area contributed by atoms with Crippen molar-refractivity contribution in [3.8, 4) is 5.75 Å². The minimum absolute atomic E-state index is 0.00116. The van der Waals surface area contributed by atoms with Crippen LogP contribution in [0.15, 0.2) is 40.9 Å². The van der Waals surface area contributed by atoms with Crippen LogP contribution in [0, 0.1) is 5.82 Å². The van der Waals surface area contributed by atoms with Gasteiger partial charge in [-0.2, -0.15) is 0 Å². The summed E-state index contributed by atoms with van der Waals surface area (Å²) in [5, 5.41) is 0.397. The fraction of sp³-hybridized carbons (Fsp3) is 0.0714. The Kier molecular flexibility index (Phi) is 4.22. The largest absolute Gasteiger partial charge is 0.495 e. The van der Waals surface area contributed by atoms with Crippen LogP contribution in [0.5, 0.6) is 5.75 Å². The first-order valence-electron chi connectivity index (χ1n) is 5.36. The fourth-order valence-corrected chi connectivity index (χ4v) is 2.18. The van der Waals surface area contributed by atoms with E-state index < -0.39 is 11.6 Å². The molecule has 0 saturated heterocycles. The van der Waals surface area contributed by atoms with Crippen LogP contribution in [0.4, 0.5) is 4.39 Å². The van der Waals surface area contributed by atoms with Crippen molar-refractivity contribution in [2.24, 2.45) is 0 Å². The maximum atomic E-state index is 13.7. The molecule has 0 aliphatic carbocycles. The topological polar surface area (TPSA) is 26.3 Å². The fourth-order valence-electron chi connectivity index (χ4n) is 1.63. The van der Waals surface area contributed by atoms with Gasteiger partial charge in [-0.25, -0.2) is 4.39 Å². The van der Waals surface area contributed by atoms with Crippen molar-refractivity contribution >= 4 is 33.3 Å². The van der Waals surface area contributed by atoms with E-state index in [0.29, 0.717) is 20.8 Å². The molecule has 0 radical (unpaired) electrons. The van der Waals surface area contributed by atoms with E-state index >= 15 is 0 Å². The molecule has 5 heteroatoms. The molecule has 0 spiro atoms. The molecule has 98 valence electrons. The summed E-state index contributed by atoms with van der Waals surface area (Å²) in [6.45, 7) is 0. The predicted octanol–water partition coefficient (Wildman–Crippen LogP) is 4.48. The zero-order valence-electron chi connectivity index (χ0n) is 9.91. The molecule has 0 aromatic heterocycles. The van der Waals surface area contributed by atoms with Gasteiger partial charge < -0.3 is 4.74 Å². The Labute approximate surface area is 123 Å². The average molecular weight is 344 g/mol. The van der Waals surface area contributed by atoms with Crippen LogP contribution in [-0.4, -0.2) is 12.9 Å². The van der Waals surface area contributed by atoms with Gasteiger partial charge in [0, 0.05) is 10.0 Å². The normalized spacial score (nSPS) is 10.3.